The van der Waals surface area contributed by atoms with Gasteiger partial charge in [0, 0.05) is 39.2 Å². The van der Waals surface area contributed by atoms with Crippen LogP contribution in [-0.2, 0) is 14.3 Å². The molecule has 0 aromatic heterocycles. The Labute approximate surface area is 102 Å². The molecule has 0 aliphatic carbocycles. The van der Waals surface area contributed by atoms with E-state index in [9.17, 15) is 4.79 Å². The van der Waals surface area contributed by atoms with Crippen LogP contribution >= 0.6 is 0 Å². The summed E-state index contributed by atoms with van der Waals surface area (Å²) in [6.07, 6.45) is 0.659. The van der Waals surface area contributed by atoms with E-state index >= 15 is 0 Å². The number of hydrogen-bond donors (Lipinski definition) is 1. The second kappa shape index (κ2) is 5.33. The van der Waals surface area contributed by atoms with Gasteiger partial charge in [0.15, 0.2) is 0 Å². The normalized spacial score (nSPS) is 34.8. The third kappa shape index (κ3) is 2.19. The van der Waals surface area contributed by atoms with Crippen molar-refractivity contribution in [2.24, 2.45) is 0 Å². The number of hydrogen-bond acceptors (Lipinski definition) is 5. The Hall–Kier alpha value is -0.650. The van der Waals surface area contributed by atoms with Crippen molar-refractivity contribution in [3.8, 4) is 0 Å². The van der Waals surface area contributed by atoms with Gasteiger partial charge in [-0.2, -0.15) is 0 Å². The minimum atomic E-state index is -0.557. The van der Waals surface area contributed by atoms with Gasteiger partial charge in [-0.25, -0.2) is 4.79 Å². The first-order valence-electron chi connectivity index (χ1n) is 6.46. The van der Waals surface area contributed by atoms with E-state index in [2.05, 4.69) is 10.2 Å². The SMILES string of the molecule is CCOC(=O)C1(N2CCNCC2)CCOC1C. The maximum atomic E-state index is 12.3. The zero-order valence-corrected chi connectivity index (χ0v) is 10.7. The first-order valence-corrected chi connectivity index (χ1v) is 6.46. The van der Waals surface area contributed by atoms with E-state index in [1.54, 1.807) is 0 Å². The van der Waals surface area contributed by atoms with E-state index < -0.39 is 5.54 Å². The predicted molar refractivity (Wildman–Crippen MR) is 63.8 cm³/mol. The largest absolute Gasteiger partial charge is 0.465 e. The Morgan fingerprint density at radius 3 is 2.76 bits per heavy atom. The fourth-order valence-corrected chi connectivity index (χ4v) is 2.86. The molecule has 2 aliphatic heterocycles. The highest BCUT2D eigenvalue weighted by atomic mass is 16.5. The average Bonchev–Trinajstić information content (AvgIpc) is 2.73. The van der Waals surface area contributed by atoms with E-state index in [1.165, 1.54) is 0 Å². The van der Waals surface area contributed by atoms with Crippen LogP contribution in [0.5, 0.6) is 0 Å². The van der Waals surface area contributed by atoms with Gasteiger partial charge in [-0.05, 0) is 13.8 Å². The fraction of sp³-hybridized carbons (Fsp3) is 0.917. The molecule has 2 aliphatic rings. The quantitative estimate of drug-likeness (QED) is 0.706. The molecule has 0 amide bonds. The van der Waals surface area contributed by atoms with Crippen molar-refractivity contribution >= 4 is 5.97 Å². The number of carbonyl (C=O) groups excluding carboxylic acids is 1. The summed E-state index contributed by atoms with van der Waals surface area (Å²) in [5, 5.41) is 3.31. The maximum absolute atomic E-state index is 12.3. The molecule has 5 nitrogen and oxygen atoms in total. The summed E-state index contributed by atoms with van der Waals surface area (Å²) in [5.41, 5.74) is -0.557. The van der Waals surface area contributed by atoms with Gasteiger partial charge in [0.25, 0.3) is 0 Å². The van der Waals surface area contributed by atoms with Crippen molar-refractivity contribution in [1.29, 1.82) is 0 Å². The van der Waals surface area contributed by atoms with Gasteiger partial charge in [0.05, 0.1) is 12.7 Å². The monoisotopic (exact) mass is 242 g/mol. The number of rotatable bonds is 3. The fourth-order valence-electron chi connectivity index (χ4n) is 2.86. The van der Waals surface area contributed by atoms with Crippen LogP contribution in [0.4, 0.5) is 0 Å². The molecule has 2 fully saturated rings. The molecule has 2 heterocycles. The van der Waals surface area contributed by atoms with Crippen LogP contribution in [0, 0.1) is 0 Å². The molecule has 0 aromatic rings. The number of piperazine rings is 1. The molecule has 0 bridgehead atoms. The second-order valence-corrected chi connectivity index (χ2v) is 4.64. The summed E-state index contributed by atoms with van der Waals surface area (Å²) in [5.74, 6) is -0.119. The summed E-state index contributed by atoms with van der Waals surface area (Å²) >= 11 is 0. The van der Waals surface area contributed by atoms with Crippen molar-refractivity contribution in [1.82, 2.24) is 10.2 Å². The van der Waals surface area contributed by atoms with Gasteiger partial charge in [-0.3, -0.25) is 4.90 Å². The Balaban J connectivity index is 2.19. The molecule has 17 heavy (non-hydrogen) atoms. The van der Waals surface area contributed by atoms with E-state index in [0.717, 1.165) is 32.6 Å². The highest BCUT2D eigenvalue weighted by Crippen LogP contribution is 2.33. The predicted octanol–water partition coefficient (Wildman–Crippen LogP) is 0.00230. The number of carbonyl (C=O) groups is 1. The molecule has 2 unspecified atom stereocenters. The third-order valence-electron chi connectivity index (χ3n) is 3.83. The minimum Gasteiger partial charge on any atom is -0.465 e. The third-order valence-corrected chi connectivity index (χ3v) is 3.83. The number of ether oxygens (including phenoxy) is 2. The van der Waals surface area contributed by atoms with E-state index in [4.69, 9.17) is 9.47 Å². The highest BCUT2D eigenvalue weighted by Gasteiger charge is 2.53. The van der Waals surface area contributed by atoms with Crippen molar-refractivity contribution in [3.05, 3.63) is 0 Å². The Morgan fingerprint density at radius 2 is 2.24 bits per heavy atom. The van der Waals surface area contributed by atoms with E-state index in [1.807, 2.05) is 13.8 Å². The Kier molecular flexibility index (Phi) is 4.01. The molecule has 0 spiro atoms. The smallest absolute Gasteiger partial charge is 0.329 e. The Morgan fingerprint density at radius 1 is 1.53 bits per heavy atom. The van der Waals surface area contributed by atoms with Crippen LogP contribution in [0.15, 0.2) is 0 Å². The van der Waals surface area contributed by atoms with Crippen molar-refractivity contribution in [3.63, 3.8) is 0 Å². The van der Waals surface area contributed by atoms with Gasteiger partial charge < -0.3 is 14.8 Å². The van der Waals surface area contributed by atoms with Crippen molar-refractivity contribution in [2.45, 2.75) is 31.9 Å². The van der Waals surface area contributed by atoms with Gasteiger partial charge in [-0.1, -0.05) is 0 Å². The lowest BCUT2D eigenvalue weighted by molar-refractivity contribution is -0.162. The number of nitrogens with one attached hydrogen (secondary N) is 1. The van der Waals surface area contributed by atoms with Crippen LogP contribution < -0.4 is 5.32 Å². The van der Waals surface area contributed by atoms with E-state index in [-0.39, 0.29) is 12.1 Å². The van der Waals surface area contributed by atoms with Gasteiger partial charge in [-0.15, -0.1) is 0 Å². The zero-order valence-electron chi connectivity index (χ0n) is 10.7. The van der Waals surface area contributed by atoms with Crippen LogP contribution in [0.1, 0.15) is 20.3 Å². The summed E-state index contributed by atoms with van der Waals surface area (Å²) < 4.78 is 10.9. The maximum Gasteiger partial charge on any atom is 0.329 e. The van der Waals surface area contributed by atoms with Crippen molar-refractivity contribution < 1.29 is 14.3 Å². The number of nitrogens with zero attached hydrogens (tertiary/aromatic N) is 1. The summed E-state index contributed by atoms with van der Waals surface area (Å²) in [6, 6.07) is 0. The molecule has 0 aromatic carbocycles. The topological polar surface area (TPSA) is 50.8 Å². The lowest BCUT2D eigenvalue weighted by Gasteiger charge is -2.42. The standard InChI is InChI=1S/C12H22N2O3/c1-3-16-11(15)12(4-9-17-10(12)2)14-7-5-13-6-8-14/h10,13H,3-9H2,1-2H3. The number of esters is 1. The van der Waals surface area contributed by atoms with Gasteiger partial charge in [0.1, 0.15) is 5.54 Å². The average molecular weight is 242 g/mol. The Bertz CT molecular complexity index is 279. The van der Waals surface area contributed by atoms with Gasteiger partial charge in [0.2, 0.25) is 0 Å². The second-order valence-electron chi connectivity index (χ2n) is 4.64. The van der Waals surface area contributed by atoms with Gasteiger partial charge >= 0.3 is 5.97 Å². The molecular formula is C12H22N2O3. The zero-order chi connectivity index (χ0) is 12.3. The lowest BCUT2D eigenvalue weighted by atomic mass is 9.89. The molecule has 2 saturated heterocycles. The molecule has 2 rings (SSSR count). The minimum absolute atomic E-state index is 0.0837. The first kappa shape index (κ1) is 12.8. The highest BCUT2D eigenvalue weighted by molar-refractivity contribution is 5.82. The molecular weight excluding hydrogens is 220 g/mol. The molecule has 2 atom stereocenters. The summed E-state index contributed by atoms with van der Waals surface area (Å²) in [6.45, 7) is 8.51. The molecule has 5 heteroatoms. The van der Waals surface area contributed by atoms with Crippen LogP contribution in [-0.4, -0.2) is 61.9 Å². The summed E-state index contributed by atoms with van der Waals surface area (Å²) in [4.78, 5) is 14.5. The van der Waals surface area contributed by atoms with Crippen LogP contribution in [0.25, 0.3) is 0 Å². The van der Waals surface area contributed by atoms with Crippen molar-refractivity contribution in [2.75, 3.05) is 39.4 Å². The van der Waals surface area contributed by atoms with E-state index in [0.29, 0.717) is 13.2 Å². The first-order chi connectivity index (χ1) is 8.21. The molecule has 0 saturated carbocycles. The lowest BCUT2D eigenvalue weighted by Crippen LogP contribution is -2.63. The summed E-state index contributed by atoms with van der Waals surface area (Å²) in [7, 11) is 0. The molecule has 1 N–H and O–H groups in total. The van der Waals surface area contributed by atoms with Crippen LogP contribution in [0.2, 0.25) is 0 Å². The molecule has 0 radical (unpaired) electrons. The molecule has 98 valence electrons. The van der Waals surface area contributed by atoms with Crippen LogP contribution in [0.3, 0.4) is 0 Å².